The van der Waals surface area contributed by atoms with E-state index in [1.807, 2.05) is 0 Å². The molecule has 2 aliphatic rings. The van der Waals surface area contributed by atoms with E-state index in [1.165, 1.54) is 32.1 Å². The summed E-state index contributed by atoms with van der Waals surface area (Å²) >= 11 is 0. The van der Waals surface area contributed by atoms with Gasteiger partial charge in [0.1, 0.15) is 0 Å². The molecule has 0 aromatic rings. The predicted octanol–water partition coefficient (Wildman–Crippen LogP) is 2.90. The molecule has 0 aromatic heterocycles. The largest absolute Gasteiger partial charge is 0.326 e. The predicted molar refractivity (Wildman–Crippen MR) is 74.2 cm³/mol. The number of carbonyl (C=O) groups excluding carboxylic acids is 1. The van der Waals surface area contributed by atoms with E-state index in [4.69, 9.17) is 0 Å². The zero-order valence-electron chi connectivity index (χ0n) is 12.2. The summed E-state index contributed by atoms with van der Waals surface area (Å²) in [5.41, 5.74) is 0.472. The molecule has 1 aliphatic heterocycles. The van der Waals surface area contributed by atoms with Crippen molar-refractivity contribution in [3.63, 3.8) is 0 Å². The lowest BCUT2D eigenvalue weighted by Crippen LogP contribution is -2.39. The maximum absolute atomic E-state index is 12.4. The SMILES string of the molecule is CCCCC1NC(C)N(CC2(CCC)CC2)C1=O. The van der Waals surface area contributed by atoms with Crippen LogP contribution in [0, 0.1) is 5.41 Å². The Balaban J connectivity index is 1.90. The van der Waals surface area contributed by atoms with E-state index in [0.29, 0.717) is 11.3 Å². The lowest BCUT2D eigenvalue weighted by Gasteiger charge is -2.26. The van der Waals surface area contributed by atoms with Gasteiger partial charge in [-0.25, -0.2) is 0 Å². The summed E-state index contributed by atoms with van der Waals surface area (Å²) in [6, 6.07) is 0.0809. The lowest BCUT2D eigenvalue weighted by molar-refractivity contribution is -0.130. The van der Waals surface area contributed by atoms with Gasteiger partial charge in [0.25, 0.3) is 0 Å². The molecule has 1 N–H and O–H groups in total. The minimum absolute atomic E-state index is 0.0809. The number of amides is 1. The number of carbonyl (C=O) groups is 1. The molecule has 0 aromatic carbocycles. The highest BCUT2D eigenvalue weighted by molar-refractivity contribution is 5.84. The van der Waals surface area contributed by atoms with Crippen LogP contribution >= 0.6 is 0 Å². The standard InChI is InChI=1S/C15H28N2O/c1-4-6-7-13-14(18)17(12(3)16-13)11-15(8-5-2)9-10-15/h12-13,16H,4-11H2,1-3H3. The van der Waals surface area contributed by atoms with Gasteiger partial charge in [-0.2, -0.15) is 0 Å². The molecule has 2 fully saturated rings. The van der Waals surface area contributed by atoms with Crippen LogP contribution in [0.3, 0.4) is 0 Å². The highest BCUT2D eigenvalue weighted by Crippen LogP contribution is 2.50. The Bertz CT molecular complexity index is 299. The van der Waals surface area contributed by atoms with E-state index in [0.717, 1.165) is 19.4 Å². The minimum Gasteiger partial charge on any atom is -0.326 e. The van der Waals surface area contributed by atoms with Crippen LogP contribution in [0.15, 0.2) is 0 Å². The molecule has 0 spiro atoms. The summed E-state index contributed by atoms with van der Waals surface area (Å²) in [5.74, 6) is 0.346. The maximum atomic E-state index is 12.4. The Labute approximate surface area is 111 Å². The Morgan fingerprint density at radius 2 is 2.06 bits per heavy atom. The Kier molecular flexibility index (Phi) is 4.31. The van der Waals surface area contributed by atoms with Gasteiger partial charge in [-0.3, -0.25) is 10.1 Å². The van der Waals surface area contributed by atoms with Crippen molar-refractivity contribution in [1.82, 2.24) is 10.2 Å². The summed E-state index contributed by atoms with van der Waals surface area (Å²) in [5, 5.41) is 3.46. The van der Waals surface area contributed by atoms with Gasteiger partial charge in [-0.05, 0) is 38.0 Å². The molecule has 1 aliphatic carbocycles. The molecule has 1 heterocycles. The molecule has 3 nitrogen and oxygen atoms in total. The van der Waals surface area contributed by atoms with Gasteiger partial charge in [-0.1, -0.05) is 33.1 Å². The second kappa shape index (κ2) is 5.60. The molecular formula is C15H28N2O. The molecule has 1 amide bonds. The van der Waals surface area contributed by atoms with E-state index in [-0.39, 0.29) is 12.2 Å². The van der Waals surface area contributed by atoms with Crippen LogP contribution in [0.25, 0.3) is 0 Å². The maximum Gasteiger partial charge on any atom is 0.241 e. The Morgan fingerprint density at radius 3 is 2.61 bits per heavy atom. The highest BCUT2D eigenvalue weighted by atomic mass is 16.2. The number of nitrogens with one attached hydrogen (secondary N) is 1. The first-order chi connectivity index (χ1) is 8.62. The first-order valence-electron chi connectivity index (χ1n) is 7.68. The number of unbranched alkanes of at least 4 members (excludes halogenated alkanes) is 1. The van der Waals surface area contributed by atoms with Crippen molar-refractivity contribution >= 4 is 5.91 Å². The van der Waals surface area contributed by atoms with E-state index in [9.17, 15) is 4.79 Å². The number of rotatable bonds is 7. The second-order valence-electron chi connectivity index (χ2n) is 6.25. The summed E-state index contributed by atoms with van der Waals surface area (Å²) in [4.78, 5) is 14.5. The Hall–Kier alpha value is -0.570. The number of nitrogens with zero attached hydrogens (tertiary/aromatic N) is 1. The van der Waals surface area contributed by atoms with Crippen molar-refractivity contribution in [2.45, 2.75) is 77.9 Å². The molecule has 3 heteroatoms. The lowest BCUT2D eigenvalue weighted by atomic mass is 9.99. The fourth-order valence-electron chi connectivity index (χ4n) is 3.23. The molecule has 0 radical (unpaired) electrons. The van der Waals surface area contributed by atoms with E-state index < -0.39 is 0 Å². The minimum atomic E-state index is 0.0809. The van der Waals surface area contributed by atoms with Gasteiger partial charge >= 0.3 is 0 Å². The van der Waals surface area contributed by atoms with Crippen LogP contribution in [0.5, 0.6) is 0 Å². The molecule has 0 bridgehead atoms. The zero-order valence-corrected chi connectivity index (χ0v) is 12.2. The summed E-state index contributed by atoms with van der Waals surface area (Å²) < 4.78 is 0. The molecule has 2 rings (SSSR count). The molecule has 1 saturated carbocycles. The quantitative estimate of drug-likeness (QED) is 0.755. The van der Waals surface area contributed by atoms with Gasteiger partial charge in [0.15, 0.2) is 0 Å². The first kappa shape index (κ1) is 13.9. The van der Waals surface area contributed by atoms with Gasteiger partial charge in [-0.15, -0.1) is 0 Å². The topological polar surface area (TPSA) is 32.3 Å². The molecule has 2 unspecified atom stereocenters. The third kappa shape index (κ3) is 2.87. The molecular weight excluding hydrogens is 224 g/mol. The van der Waals surface area contributed by atoms with Crippen LogP contribution in [-0.4, -0.2) is 29.6 Å². The van der Waals surface area contributed by atoms with Gasteiger partial charge in [0.05, 0.1) is 12.2 Å². The average Bonchev–Trinajstić information content (AvgIpc) is 3.05. The molecule has 2 atom stereocenters. The third-order valence-corrected chi connectivity index (χ3v) is 4.58. The first-order valence-corrected chi connectivity index (χ1v) is 7.68. The van der Waals surface area contributed by atoms with E-state index >= 15 is 0 Å². The molecule has 18 heavy (non-hydrogen) atoms. The highest BCUT2D eigenvalue weighted by Gasteiger charge is 2.47. The van der Waals surface area contributed by atoms with Crippen molar-refractivity contribution in [3.8, 4) is 0 Å². The summed E-state index contributed by atoms with van der Waals surface area (Å²) in [6.45, 7) is 7.54. The van der Waals surface area contributed by atoms with Crippen molar-refractivity contribution in [1.29, 1.82) is 0 Å². The molecule has 1 saturated heterocycles. The van der Waals surface area contributed by atoms with Crippen LogP contribution in [0.1, 0.15) is 65.7 Å². The average molecular weight is 252 g/mol. The number of hydrogen-bond acceptors (Lipinski definition) is 2. The van der Waals surface area contributed by atoms with Gasteiger partial charge < -0.3 is 4.90 Å². The van der Waals surface area contributed by atoms with E-state index in [1.54, 1.807) is 0 Å². The fraction of sp³-hybridized carbons (Fsp3) is 0.933. The van der Waals surface area contributed by atoms with E-state index in [2.05, 4.69) is 31.0 Å². The van der Waals surface area contributed by atoms with Crippen molar-refractivity contribution in [2.75, 3.05) is 6.54 Å². The van der Waals surface area contributed by atoms with Gasteiger partial charge in [0.2, 0.25) is 5.91 Å². The number of hydrogen-bond donors (Lipinski definition) is 1. The van der Waals surface area contributed by atoms with Crippen LogP contribution in [-0.2, 0) is 4.79 Å². The third-order valence-electron chi connectivity index (χ3n) is 4.58. The zero-order chi connectivity index (χ0) is 13.2. The fourth-order valence-corrected chi connectivity index (χ4v) is 3.23. The second-order valence-corrected chi connectivity index (χ2v) is 6.25. The summed E-state index contributed by atoms with van der Waals surface area (Å²) in [6.07, 6.45) is 8.69. The Morgan fingerprint density at radius 1 is 1.33 bits per heavy atom. The van der Waals surface area contributed by atoms with Gasteiger partial charge in [0, 0.05) is 6.54 Å². The van der Waals surface area contributed by atoms with Crippen LogP contribution < -0.4 is 5.32 Å². The van der Waals surface area contributed by atoms with Crippen LogP contribution in [0.2, 0.25) is 0 Å². The van der Waals surface area contributed by atoms with Crippen molar-refractivity contribution in [3.05, 3.63) is 0 Å². The van der Waals surface area contributed by atoms with Crippen molar-refractivity contribution < 1.29 is 4.79 Å². The smallest absolute Gasteiger partial charge is 0.241 e. The van der Waals surface area contributed by atoms with Crippen molar-refractivity contribution in [2.24, 2.45) is 5.41 Å². The normalized spacial score (nSPS) is 29.9. The summed E-state index contributed by atoms with van der Waals surface area (Å²) in [7, 11) is 0. The molecule has 104 valence electrons. The van der Waals surface area contributed by atoms with Crippen LogP contribution in [0.4, 0.5) is 0 Å². The monoisotopic (exact) mass is 252 g/mol.